The van der Waals surface area contributed by atoms with Gasteiger partial charge in [0, 0.05) is 63.7 Å². The van der Waals surface area contributed by atoms with Gasteiger partial charge in [-0.2, -0.15) is 9.97 Å². The van der Waals surface area contributed by atoms with E-state index in [1.807, 2.05) is 19.9 Å². The van der Waals surface area contributed by atoms with Crippen molar-refractivity contribution in [1.82, 2.24) is 55.0 Å². The lowest BCUT2D eigenvalue weighted by Gasteiger charge is -2.32. The Hall–Kier alpha value is -6.61. The van der Waals surface area contributed by atoms with Crippen LogP contribution in [0.25, 0.3) is 22.1 Å². The Morgan fingerprint density at radius 3 is 1.61 bits per heavy atom. The van der Waals surface area contributed by atoms with Gasteiger partial charge in [0.15, 0.2) is 23.3 Å². The van der Waals surface area contributed by atoms with Crippen LogP contribution < -0.4 is 32.3 Å². The number of carbonyl (C=O) groups excluding carboxylic acids is 2. The number of rotatable bonds is 7. The Morgan fingerprint density at radius 1 is 0.656 bits per heavy atom. The smallest absolute Gasteiger partial charge is 0.337 e. The minimum atomic E-state index is -0.430. The molecule has 4 aromatic heterocycles. The van der Waals surface area contributed by atoms with Crippen molar-refractivity contribution in [3.63, 3.8) is 0 Å². The van der Waals surface area contributed by atoms with E-state index in [0.29, 0.717) is 62.3 Å². The molecule has 6 aromatic rings. The fourth-order valence-electron chi connectivity index (χ4n) is 6.27. The maximum Gasteiger partial charge on any atom is 0.337 e. The van der Waals surface area contributed by atoms with Crippen molar-refractivity contribution < 1.29 is 19.1 Å². The molecule has 0 radical (unpaired) electrons. The molecule has 2 aromatic carbocycles. The van der Waals surface area contributed by atoms with Crippen molar-refractivity contribution in [3.05, 3.63) is 76.6 Å². The molecule has 7 N–H and O–H groups in total. The number of likely N-dealkylation sites (N-methyl/N-ethyl adjacent to an activating group) is 2. The number of fused-ring (bicyclic) bond motifs is 2. The van der Waals surface area contributed by atoms with Gasteiger partial charge in [-0.3, -0.25) is 0 Å². The molecule has 320 valence electrons. The molecule has 2 saturated heterocycles. The average molecular weight is 853 g/mol. The second kappa shape index (κ2) is 20.1. The van der Waals surface area contributed by atoms with Crippen molar-refractivity contribution in [2.45, 2.75) is 13.8 Å². The minimum absolute atomic E-state index is 0.00196. The highest BCUT2D eigenvalue weighted by Gasteiger charge is 2.21. The Balaban J connectivity index is 0.000000179. The van der Waals surface area contributed by atoms with Crippen molar-refractivity contribution in [2.75, 3.05) is 108 Å². The van der Waals surface area contributed by atoms with Gasteiger partial charge in [0.1, 0.15) is 34.7 Å². The summed E-state index contributed by atoms with van der Waals surface area (Å²) >= 11 is 5.87. The fraction of sp³-hybridized carbons (Fsp3) is 0.350. The molecule has 2 fully saturated rings. The van der Waals surface area contributed by atoms with Crippen LogP contribution >= 0.6 is 11.6 Å². The van der Waals surface area contributed by atoms with E-state index in [2.05, 4.69) is 79.6 Å². The van der Waals surface area contributed by atoms with E-state index in [0.717, 1.165) is 56.1 Å². The second-order valence-electron chi connectivity index (χ2n) is 14.3. The lowest BCUT2D eigenvalue weighted by Crippen LogP contribution is -2.45. The van der Waals surface area contributed by atoms with Crippen LogP contribution in [0.3, 0.4) is 0 Å². The van der Waals surface area contributed by atoms with Gasteiger partial charge in [0.05, 0.1) is 25.3 Å². The summed E-state index contributed by atoms with van der Waals surface area (Å²) in [6.45, 7) is 12.1. The van der Waals surface area contributed by atoms with Crippen LogP contribution in [-0.4, -0.2) is 142 Å². The zero-order valence-corrected chi connectivity index (χ0v) is 35.6. The fourth-order valence-corrected chi connectivity index (χ4v) is 6.44. The topological polar surface area (TPSA) is 254 Å². The number of nitrogens with two attached hydrogens (primary N) is 2. The molecule has 0 saturated carbocycles. The first kappa shape index (κ1) is 44.0. The molecule has 2 aliphatic rings. The van der Waals surface area contributed by atoms with Crippen molar-refractivity contribution >= 4 is 86.2 Å². The Labute approximate surface area is 357 Å². The quantitative estimate of drug-likeness (QED) is 0.114. The molecular formula is C40H49ClN16O4. The van der Waals surface area contributed by atoms with Gasteiger partial charge in [0.25, 0.3) is 0 Å². The van der Waals surface area contributed by atoms with Gasteiger partial charge in [0.2, 0.25) is 11.2 Å². The molecule has 8 rings (SSSR count). The number of carbonyl (C=O) groups is 2. The zero-order chi connectivity index (χ0) is 43.6. The van der Waals surface area contributed by atoms with Crippen LogP contribution in [0, 0.1) is 13.8 Å². The number of nitrogens with zero attached hydrogens (tertiary/aromatic N) is 11. The number of piperazine rings is 2. The molecule has 2 aliphatic heterocycles. The molecule has 21 heteroatoms. The number of hydrogen-bond acceptors (Lipinski definition) is 20. The van der Waals surface area contributed by atoms with E-state index in [1.165, 1.54) is 40.0 Å². The largest absolute Gasteiger partial charge is 0.465 e. The number of anilines is 7. The van der Waals surface area contributed by atoms with Crippen molar-refractivity contribution in [2.24, 2.45) is 0 Å². The normalized spacial score (nSPS) is 14.3. The Kier molecular flexibility index (Phi) is 14.5. The predicted octanol–water partition coefficient (Wildman–Crippen LogP) is 3.61. The lowest BCUT2D eigenvalue weighted by atomic mass is 10.1. The van der Waals surface area contributed by atoms with Crippen LogP contribution in [0.2, 0.25) is 5.28 Å². The van der Waals surface area contributed by atoms with E-state index >= 15 is 0 Å². The van der Waals surface area contributed by atoms with Gasteiger partial charge in [-0.25, -0.2) is 39.5 Å². The number of aryl methyl sites for hydroxylation is 2. The van der Waals surface area contributed by atoms with Crippen molar-refractivity contribution in [3.8, 4) is 0 Å². The van der Waals surface area contributed by atoms with E-state index in [9.17, 15) is 9.59 Å². The summed E-state index contributed by atoms with van der Waals surface area (Å²) in [6.07, 6.45) is 2.76. The number of ether oxygens (including phenoxy) is 2. The molecule has 20 nitrogen and oxygen atoms in total. The van der Waals surface area contributed by atoms with E-state index in [1.54, 1.807) is 30.3 Å². The number of nitrogen functional groups attached to an aromatic ring is 2. The molecule has 0 amide bonds. The highest BCUT2D eigenvalue weighted by Crippen LogP contribution is 2.30. The maximum absolute atomic E-state index is 11.9. The first-order valence-corrected chi connectivity index (χ1v) is 19.7. The van der Waals surface area contributed by atoms with Crippen LogP contribution in [0.5, 0.6) is 0 Å². The Bertz CT molecular complexity index is 2510. The number of halogens is 1. The van der Waals surface area contributed by atoms with Crippen LogP contribution in [0.15, 0.2) is 49.1 Å². The molecule has 0 bridgehead atoms. The van der Waals surface area contributed by atoms with Gasteiger partial charge in [-0.15, -0.1) is 0 Å². The Morgan fingerprint density at radius 2 is 1.13 bits per heavy atom. The minimum Gasteiger partial charge on any atom is -0.465 e. The summed E-state index contributed by atoms with van der Waals surface area (Å²) in [7, 11) is 6.93. The SMILES string of the molecule is CN1CCNCC1.COC(=O)c1ccc(C)c(Nc2ncnc3c(N)nc(Cl)nc23)c1.COC(=O)c1ccc(C)c(Nc2ncnc3c(N)nc(N4CCN(C)CC4)nc23)c1. The second-order valence-corrected chi connectivity index (χ2v) is 14.6. The molecule has 0 atom stereocenters. The van der Waals surface area contributed by atoms with E-state index < -0.39 is 11.9 Å². The third kappa shape index (κ3) is 11.0. The molecule has 6 heterocycles. The third-order valence-corrected chi connectivity index (χ3v) is 10.1. The lowest BCUT2D eigenvalue weighted by molar-refractivity contribution is 0.0592. The van der Waals surface area contributed by atoms with Gasteiger partial charge < -0.3 is 51.6 Å². The third-order valence-electron chi connectivity index (χ3n) is 9.93. The highest BCUT2D eigenvalue weighted by atomic mass is 35.5. The van der Waals surface area contributed by atoms with Crippen LogP contribution in [-0.2, 0) is 9.47 Å². The number of aromatic nitrogens is 8. The first-order valence-electron chi connectivity index (χ1n) is 19.3. The van der Waals surface area contributed by atoms with Crippen LogP contribution in [0.1, 0.15) is 31.8 Å². The summed E-state index contributed by atoms with van der Waals surface area (Å²) in [5.41, 5.74) is 17.9. The van der Waals surface area contributed by atoms with Gasteiger partial charge >= 0.3 is 11.9 Å². The summed E-state index contributed by atoms with van der Waals surface area (Å²) in [4.78, 5) is 64.4. The molecule has 0 aliphatic carbocycles. The maximum atomic E-state index is 11.9. The predicted molar refractivity (Wildman–Crippen MR) is 236 cm³/mol. The van der Waals surface area contributed by atoms with Gasteiger partial charge in [-0.05, 0) is 74.9 Å². The van der Waals surface area contributed by atoms with Crippen LogP contribution in [0.4, 0.5) is 40.6 Å². The van der Waals surface area contributed by atoms with E-state index in [-0.39, 0.29) is 11.1 Å². The number of nitrogens with one attached hydrogen (secondary N) is 3. The first-order chi connectivity index (χ1) is 29.3. The number of benzene rings is 2. The molecule has 0 spiro atoms. The number of esters is 2. The summed E-state index contributed by atoms with van der Waals surface area (Å²) in [5, 5.41) is 9.66. The monoisotopic (exact) mass is 852 g/mol. The van der Waals surface area contributed by atoms with Gasteiger partial charge in [-0.1, -0.05) is 12.1 Å². The highest BCUT2D eigenvalue weighted by molar-refractivity contribution is 6.29. The summed E-state index contributed by atoms with van der Waals surface area (Å²) in [5.74, 6) is 1.09. The molecule has 0 unspecified atom stereocenters. The van der Waals surface area contributed by atoms with E-state index in [4.69, 9.17) is 37.5 Å². The molecular weight excluding hydrogens is 804 g/mol. The number of methoxy groups -OCH3 is 2. The summed E-state index contributed by atoms with van der Waals surface area (Å²) in [6, 6.07) is 10.4. The molecule has 61 heavy (non-hydrogen) atoms. The standard InChI is InChI=1S/C20H24N8O2.C15H13ClN6O2.C5H12N2/c1-12-4-5-13(19(29)30-3)10-14(12)24-18-16-15(22-11-23-18)17(21)26-20(25-16)28-8-6-27(2)7-9-28;1-7-3-4-8(14(23)24-2)5-9(7)20-13-11-10(18-6-19-13)12(17)22-15(16)21-11;1-7-4-2-6-3-5-7/h4-5,10-11H,6-9H2,1-3H3,(H2,21,25,26)(H,22,23,24);3-6H,1-2H3,(H2,17,21,22)(H,18,19,20);6H,2-5H2,1H3. The van der Waals surface area contributed by atoms with Crippen molar-refractivity contribution in [1.29, 1.82) is 0 Å². The zero-order valence-electron chi connectivity index (χ0n) is 34.9. The number of hydrogen-bond donors (Lipinski definition) is 5. The summed E-state index contributed by atoms with van der Waals surface area (Å²) < 4.78 is 9.56. The average Bonchev–Trinajstić information content (AvgIpc) is 3.26.